The van der Waals surface area contributed by atoms with E-state index in [0.717, 1.165) is 27.2 Å². The summed E-state index contributed by atoms with van der Waals surface area (Å²) in [5.41, 5.74) is -1.57. The summed E-state index contributed by atoms with van der Waals surface area (Å²) < 4.78 is 67.6. The van der Waals surface area contributed by atoms with Crippen molar-refractivity contribution in [1.82, 2.24) is 4.31 Å². The molecule has 1 N–H and O–H groups in total. The zero-order chi connectivity index (χ0) is 23.1. The first-order valence-corrected chi connectivity index (χ1v) is 11.6. The van der Waals surface area contributed by atoms with Crippen LogP contribution >= 0.6 is 11.6 Å². The third-order valence-corrected chi connectivity index (χ3v) is 7.52. The summed E-state index contributed by atoms with van der Waals surface area (Å²) >= 11 is 5.68. The van der Waals surface area contributed by atoms with Crippen LogP contribution in [0.5, 0.6) is 0 Å². The van der Waals surface area contributed by atoms with Crippen LogP contribution in [-0.2, 0) is 21.0 Å². The van der Waals surface area contributed by atoms with Gasteiger partial charge >= 0.3 is 6.18 Å². The Bertz CT molecular complexity index is 1300. The standard InChI is InChI=1S/C22H18ClF3N2O3S/c23-16-8-10-19(18(13-16)22(24,25)26)27-21(29)20-6-3-11-28(20)32(30,31)17-9-7-14-4-1-2-5-15(14)12-17/h1-2,4-5,7-10,12-13,20H,3,6,11H2,(H,27,29). The van der Waals surface area contributed by atoms with Crippen molar-refractivity contribution in [3.63, 3.8) is 0 Å². The lowest BCUT2D eigenvalue weighted by atomic mass is 10.1. The first kappa shape index (κ1) is 22.6. The number of anilines is 1. The molecule has 3 aromatic carbocycles. The molecule has 32 heavy (non-hydrogen) atoms. The third kappa shape index (κ3) is 4.32. The highest BCUT2D eigenvalue weighted by Crippen LogP contribution is 2.37. The molecule has 0 spiro atoms. The Morgan fingerprint density at radius 1 is 1.03 bits per heavy atom. The highest BCUT2D eigenvalue weighted by molar-refractivity contribution is 7.89. The van der Waals surface area contributed by atoms with Crippen LogP contribution in [0.4, 0.5) is 18.9 Å². The van der Waals surface area contributed by atoms with Crippen LogP contribution in [0.1, 0.15) is 18.4 Å². The van der Waals surface area contributed by atoms with Crippen molar-refractivity contribution >= 4 is 44.0 Å². The van der Waals surface area contributed by atoms with E-state index in [1.165, 1.54) is 18.2 Å². The van der Waals surface area contributed by atoms with Crippen LogP contribution in [0.3, 0.4) is 0 Å². The van der Waals surface area contributed by atoms with Gasteiger partial charge in [0.15, 0.2) is 0 Å². The summed E-state index contributed by atoms with van der Waals surface area (Å²) in [6.45, 7) is 0.0972. The van der Waals surface area contributed by atoms with E-state index in [2.05, 4.69) is 5.32 Å². The second-order valence-corrected chi connectivity index (χ2v) is 9.79. The fraction of sp³-hybridized carbons (Fsp3) is 0.227. The zero-order valence-electron chi connectivity index (χ0n) is 16.6. The molecule has 168 valence electrons. The van der Waals surface area contributed by atoms with E-state index in [0.29, 0.717) is 6.42 Å². The normalized spacial score (nSPS) is 17.6. The molecule has 5 nitrogen and oxygen atoms in total. The summed E-state index contributed by atoms with van der Waals surface area (Å²) in [5, 5.41) is 3.71. The van der Waals surface area contributed by atoms with Gasteiger partial charge in [0.25, 0.3) is 0 Å². The number of nitrogens with zero attached hydrogens (tertiary/aromatic N) is 1. The number of amides is 1. The van der Waals surface area contributed by atoms with E-state index in [4.69, 9.17) is 11.6 Å². The largest absolute Gasteiger partial charge is 0.418 e. The maximum Gasteiger partial charge on any atom is 0.418 e. The summed E-state index contributed by atoms with van der Waals surface area (Å²) in [5.74, 6) is -0.820. The van der Waals surface area contributed by atoms with E-state index >= 15 is 0 Å². The summed E-state index contributed by atoms with van der Waals surface area (Å²) in [6, 6.07) is 13.8. The van der Waals surface area contributed by atoms with Crippen LogP contribution in [0.15, 0.2) is 65.6 Å². The highest BCUT2D eigenvalue weighted by Gasteiger charge is 2.41. The van der Waals surface area contributed by atoms with Crippen LogP contribution in [0.25, 0.3) is 10.8 Å². The molecule has 0 aliphatic carbocycles. The summed E-state index contributed by atoms with van der Waals surface area (Å²) in [6.07, 6.45) is -4.12. The number of halogens is 4. The number of carbonyl (C=O) groups excluding carboxylic acids is 1. The lowest BCUT2D eigenvalue weighted by molar-refractivity contribution is -0.137. The van der Waals surface area contributed by atoms with Gasteiger partial charge < -0.3 is 5.32 Å². The quantitative estimate of drug-likeness (QED) is 0.548. The number of alkyl halides is 3. The molecule has 1 saturated heterocycles. The first-order chi connectivity index (χ1) is 15.1. The molecule has 1 heterocycles. The van der Waals surface area contributed by atoms with Gasteiger partial charge in [-0.2, -0.15) is 17.5 Å². The maximum atomic E-state index is 13.4. The van der Waals surface area contributed by atoms with Gasteiger partial charge in [0.1, 0.15) is 6.04 Å². The van der Waals surface area contributed by atoms with E-state index in [-0.39, 0.29) is 22.9 Å². The molecule has 3 aromatic rings. The minimum Gasteiger partial charge on any atom is -0.324 e. The molecule has 1 atom stereocenters. The smallest absolute Gasteiger partial charge is 0.324 e. The van der Waals surface area contributed by atoms with Gasteiger partial charge in [-0.05, 0) is 53.9 Å². The Labute approximate surface area is 187 Å². The number of fused-ring (bicyclic) bond motifs is 1. The molecule has 1 unspecified atom stereocenters. The van der Waals surface area contributed by atoms with Crippen molar-refractivity contribution in [2.24, 2.45) is 0 Å². The lowest BCUT2D eigenvalue weighted by Crippen LogP contribution is -2.43. The number of hydrogen-bond acceptors (Lipinski definition) is 3. The molecule has 0 bridgehead atoms. The predicted molar refractivity (Wildman–Crippen MR) is 116 cm³/mol. The van der Waals surface area contributed by atoms with Gasteiger partial charge in [0.05, 0.1) is 16.1 Å². The van der Waals surface area contributed by atoms with Crippen LogP contribution in [0, 0.1) is 0 Å². The van der Waals surface area contributed by atoms with E-state index in [1.54, 1.807) is 18.2 Å². The molecular formula is C22H18ClF3N2O3S. The second kappa shape index (κ2) is 8.38. The predicted octanol–water partition coefficient (Wildman–Crippen LogP) is 5.30. The number of hydrogen-bond donors (Lipinski definition) is 1. The summed E-state index contributed by atoms with van der Waals surface area (Å²) in [7, 11) is -4.03. The first-order valence-electron chi connectivity index (χ1n) is 9.75. The molecule has 1 aliphatic rings. The Balaban J connectivity index is 1.63. The highest BCUT2D eigenvalue weighted by atomic mass is 35.5. The average Bonchev–Trinajstić information content (AvgIpc) is 3.25. The number of nitrogens with one attached hydrogen (secondary N) is 1. The number of rotatable bonds is 4. The van der Waals surface area contributed by atoms with Crippen LogP contribution < -0.4 is 5.32 Å². The van der Waals surface area contributed by atoms with Crippen molar-refractivity contribution in [1.29, 1.82) is 0 Å². The van der Waals surface area contributed by atoms with Gasteiger partial charge in [-0.3, -0.25) is 4.79 Å². The maximum absolute atomic E-state index is 13.4. The molecule has 1 amide bonds. The SMILES string of the molecule is O=C(Nc1ccc(Cl)cc1C(F)(F)F)C1CCCN1S(=O)(=O)c1ccc2ccccc2c1. The fourth-order valence-corrected chi connectivity index (χ4v) is 5.69. The average molecular weight is 483 g/mol. The Morgan fingerprint density at radius 2 is 1.75 bits per heavy atom. The summed E-state index contributed by atoms with van der Waals surface area (Å²) in [4.78, 5) is 12.9. The van der Waals surface area contributed by atoms with Gasteiger partial charge in [-0.1, -0.05) is 41.9 Å². The Morgan fingerprint density at radius 3 is 2.47 bits per heavy atom. The molecule has 1 fully saturated rings. The van der Waals surface area contributed by atoms with E-state index in [9.17, 15) is 26.4 Å². The van der Waals surface area contributed by atoms with E-state index < -0.39 is 39.4 Å². The van der Waals surface area contributed by atoms with Gasteiger partial charge in [0.2, 0.25) is 15.9 Å². The van der Waals surface area contributed by atoms with Crippen LogP contribution in [-0.4, -0.2) is 31.2 Å². The van der Waals surface area contributed by atoms with Crippen LogP contribution in [0.2, 0.25) is 5.02 Å². The van der Waals surface area contributed by atoms with Crippen molar-refractivity contribution in [2.45, 2.75) is 30.0 Å². The minimum atomic E-state index is -4.74. The lowest BCUT2D eigenvalue weighted by Gasteiger charge is -2.24. The van der Waals surface area contributed by atoms with Crippen molar-refractivity contribution in [3.05, 3.63) is 71.2 Å². The molecule has 10 heteroatoms. The number of sulfonamides is 1. The number of benzene rings is 3. The minimum absolute atomic E-state index is 0.0263. The molecule has 0 aromatic heterocycles. The van der Waals surface area contributed by atoms with E-state index in [1.807, 2.05) is 12.1 Å². The monoisotopic (exact) mass is 482 g/mol. The van der Waals surface area contributed by atoms with Crippen molar-refractivity contribution in [2.75, 3.05) is 11.9 Å². The number of carbonyl (C=O) groups is 1. The van der Waals surface area contributed by atoms with Crippen molar-refractivity contribution < 1.29 is 26.4 Å². The molecule has 4 rings (SSSR count). The zero-order valence-corrected chi connectivity index (χ0v) is 18.1. The third-order valence-electron chi connectivity index (χ3n) is 5.38. The molecular weight excluding hydrogens is 465 g/mol. The Hall–Kier alpha value is -2.62. The fourth-order valence-electron chi connectivity index (χ4n) is 3.83. The Kier molecular flexibility index (Phi) is 5.91. The molecule has 0 radical (unpaired) electrons. The van der Waals surface area contributed by atoms with Crippen molar-refractivity contribution in [3.8, 4) is 0 Å². The second-order valence-electron chi connectivity index (χ2n) is 7.46. The molecule has 0 saturated carbocycles. The van der Waals surface area contributed by atoms with Gasteiger partial charge in [-0.25, -0.2) is 8.42 Å². The topological polar surface area (TPSA) is 66.5 Å². The van der Waals surface area contributed by atoms with Gasteiger partial charge in [-0.15, -0.1) is 0 Å². The van der Waals surface area contributed by atoms with Gasteiger partial charge in [0, 0.05) is 11.6 Å². The molecule has 1 aliphatic heterocycles.